The van der Waals surface area contributed by atoms with Gasteiger partial charge in [0.2, 0.25) is 0 Å². The van der Waals surface area contributed by atoms with Gasteiger partial charge in [0.25, 0.3) is 0 Å². The zero-order valence-corrected chi connectivity index (χ0v) is 11.9. The van der Waals surface area contributed by atoms with Crippen LogP contribution in [0.15, 0.2) is 12.2 Å². The first-order valence-corrected chi connectivity index (χ1v) is 7.49. The van der Waals surface area contributed by atoms with Crippen molar-refractivity contribution in [3.8, 4) is 0 Å². The maximum absolute atomic E-state index is 10.6. The smallest absolute Gasteiger partial charge is 0.330 e. The van der Waals surface area contributed by atoms with Crippen molar-refractivity contribution in [1.29, 1.82) is 0 Å². The van der Waals surface area contributed by atoms with E-state index in [1.807, 2.05) is 6.92 Å². The van der Waals surface area contributed by atoms with E-state index in [9.17, 15) is 4.79 Å². The first-order chi connectivity index (χ1) is 7.61. The van der Waals surface area contributed by atoms with Gasteiger partial charge in [-0.2, -0.15) is 0 Å². The highest BCUT2D eigenvalue weighted by atomic mass is 28.2. The maximum atomic E-state index is 10.6. The minimum Gasteiger partial charge on any atom is -0.478 e. The summed E-state index contributed by atoms with van der Waals surface area (Å²) in [6.45, 7) is 8.57. The van der Waals surface area contributed by atoms with Crippen molar-refractivity contribution >= 4 is 15.7 Å². The Morgan fingerprint density at radius 1 is 1.44 bits per heavy atom. The van der Waals surface area contributed by atoms with E-state index in [-0.39, 0.29) is 0 Å². The third-order valence-electron chi connectivity index (χ3n) is 2.65. The summed E-state index contributed by atoms with van der Waals surface area (Å²) in [5.74, 6) is -0.867. The van der Waals surface area contributed by atoms with Crippen LogP contribution in [0.5, 0.6) is 0 Å². The second-order valence-electron chi connectivity index (χ2n) is 4.12. The molecule has 3 nitrogen and oxygen atoms in total. The molecule has 16 heavy (non-hydrogen) atoms. The Bertz CT molecular complexity index is 216. The molecule has 1 unspecified atom stereocenters. The molecule has 0 spiro atoms. The number of rotatable bonds is 10. The Morgan fingerprint density at radius 3 is 2.62 bits per heavy atom. The second-order valence-corrected chi connectivity index (χ2v) is 6.01. The molecule has 0 amide bonds. The molecule has 0 rings (SSSR count). The minimum atomic E-state index is -0.867. The molecule has 0 aromatic heterocycles. The quantitative estimate of drug-likeness (QED) is 0.474. The number of carboxylic acid groups (broad SMARTS) is 1. The molecule has 0 aliphatic heterocycles. The summed E-state index contributed by atoms with van der Waals surface area (Å²) < 4.78 is 5.55. The molecule has 0 fully saturated rings. The van der Waals surface area contributed by atoms with Gasteiger partial charge in [0, 0.05) is 12.2 Å². The summed E-state index contributed by atoms with van der Waals surface area (Å²) in [6.07, 6.45) is 5.02. The van der Waals surface area contributed by atoms with E-state index in [0.717, 1.165) is 19.4 Å². The number of carbonyl (C=O) groups is 1. The lowest BCUT2D eigenvalue weighted by Gasteiger charge is -2.14. The Kier molecular flexibility index (Phi) is 9.23. The zero-order chi connectivity index (χ0) is 12.4. The number of carboxylic acids is 1. The molecule has 0 saturated carbocycles. The molecular formula is C12H24O3Si. The number of hydrogen-bond acceptors (Lipinski definition) is 2. The van der Waals surface area contributed by atoms with Crippen LogP contribution in [0.4, 0.5) is 0 Å². The van der Waals surface area contributed by atoms with Gasteiger partial charge in [-0.25, -0.2) is 4.79 Å². The Hall–Kier alpha value is -0.613. The lowest BCUT2D eigenvalue weighted by atomic mass is 10.1. The van der Waals surface area contributed by atoms with E-state index >= 15 is 0 Å². The van der Waals surface area contributed by atoms with Gasteiger partial charge in [-0.1, -0.05) is 32.8 Å². The summed E-state index contributed by atoms with van der Waals surface area (Å²) in [5.41, 5.74) is 1.03. The molecule has 0 aromatic carbocycles. The molecule has 0 bridgehead atoms. The highest BCUT2D eigenvalue weighted by Gasteiger charge is 2.10. The van der Waals surface area contributed by atoms with Crippen LogP contribution in [0, 0.1) is 0 Å². The monoisotopic (exact) mass is 244 g/mol. The fraction of sp³-hybridized carbons (Fsp3) is 0.750. The van der Waals surface area contributed by atoms with Crippen molar-refractivity contribution in [3.05, 3.63) is 12.2 Å². The van der Waals surface area contributed by atoms with Crippen molar-refractivity contribution in [2.24, 2.45) is 0 Å². The summed E-state index contributed by atoms with van der Waals surface area (Å²) in [7, 11) is -0.427. The fourth-order valence-electron chi connectivity index (χ4n) is 1.71. The van der Waals surface area contributed by atoms with Gasteiger partial charge >= 0.3 is 5.97 Å². The van der Waals surface area contributed by atoms with Gasteiger partial charge in [0.1, 0.15) is 0 Å². The van der Waals surface area contributed by atoms with Crippen LogP contribution in [0.3, 0.4) is 0 Å². The normalized spacial score (nSPS) is 13.1. The van der Waals surface area contributed by atoms with E-state index in [0.29, 0.717) is 17.5 Å². The molecule has 0 aromatic rings. The molecule has 0 radical (unpaired) electrons. The first-order valence-electron chi connectivity index (χ1n) is 6.10. The van der Waals surface area contributed by atoms with Crippen molar-refractivity contribution in [2.75, 3.05) is 6.61 Å². The van der Waals surface area contributed by atoms with E-state index < -0.39 is 15.7 Å². The van der Waals surface area contributed by atoms with E-state index in [1.54, 1.807) is 0 Å². The molecule has 0 aliphatic rings. The third kappa shape index (κ3) is 7.65. The molecule has 1 atom stereocenters. The van der Waals surface area contributed by atoms with Crippen LogP contribution < -0.4 is 0 Å². The highest BCUT2D eigenvalue weighted by Crippen LogP contribution is 2.21. The maximum Gasteiger partial charge on any atom is 0.330 e. The van der Waals surface area contributed by atoms with Crippen LogP contribution in [0.2, 0.25) is 5.54 Å². The largest absolute Gasteiger partial charge is 0.478 e. The van der Waals surface area contributed by atoms with Crippen molar-refractivity contribution < 1.29 is 14.3 Å². The summed E-state index contributed by atoms with van der Waals surface area (Å²) in [5, 5.41) is 8.68. The highest BCUT2D eigenvalue weighted by molar-refractivity contribution is 6.29. The second kappa shape index (κ2) is 9.60. The Balaban J connectivity index is 3.74. The number of aliphatic carboxylic acids is 1. The van der Waals surface area contributed by atoms with Gasteiger partial charge in [-0.3, -0.25) is 0 Å². The summed E-state index contributed by atoms with van der Waals surface area (Å²) >= 11 is 0. The minimum absolute atomic E-state index is 0.327. The molecular weight excluding hydrogens is 220 g/mol. The number of hydrogen-bond donors (Lipinski definition) is 1. The van der Waals surface area contributed by atoms with Gasteiger partial charge in [0.15, 0.2) is 9.76 Å². The lowest BCUT2D eigenvalue weighted by molar-refractivity contribution is -0.132. The molecule has 0 heterocycles. The van der Waals surface area contributed by atoms with Crippen molar-refractivity contribution in [2.45, 2.75) is 51.5 Å². The third-order valence-corrected chi connectivity index (χ3v) is 4.58. The van der Waals surface area contributed by atoms with Gasteiger partial charge < -0.3 is 9.53 Å². The fourth-order valence-corrected chi connectivity index (χ4v) is 3.31. The lowest BCUT2D eigenvalue weighted by Crippen LogP contribution is -2.09. The van der Waals surface area contributed by atoms with Gasteiger partial charge in [-0.05, 0) is 25.3 Å². The van der Waals surface area contributed by atoms with Gasteiger partial charge in [-0.15, -0.1) is 0 Å². The van der Waals surface area contributed by atoms with E-state index in [2.05, 4.69) is 13.5 Å². The van der Waals surface area contributed by atoms with Crippen LogP contribution in [0.25, 0.3) is 0 Å². The molecule has 94 valence electrons. The predicted molar refractivity (Wildman–Crippen MR) is 69.5 cm³/mol. The van der Waals surface area contributed by atoms with Crippen molar-refractivity contribution in [1.82, 2.24) is 0 Å². The van der Waals surface area contributed by atoms with Crippen molar-refractivity contribution in [3.63, 3.8) is 0 Å². The average Bonchev–Trinajstić information content (AvgIpc) is 2.25. The summed E-state index contributed by atoms with van der Waals surface area (Å²) in [6, 6.07) is 0. The van der Waals surface area contributed by atoms with Crippen LogP contribution in [0.1, 0.15) is 46.0 Å². The SMILES string of the molecule is C=C(CCCC(CCC)[SiH2]OCC)C(=O)O. The van der Waals surface area contributed by atoms with E-state index in [1.165, 1.54) is 12.8 Å². The van der Waals surface area contributed by atoms with Crippen LogP contribution in [-0.4, -0.2) is 27.4 Å². The molecule has 0 aliphatic carbocycles. The predicted octanol–water partition coefficient (Wildman–Crippen LogP) is 2.51. The van der Waals surface area contributed by atoms with Gasteiger partial charge in [0.05, 0.1) is 0 Å². The summed E-state index contributed by atoms with van der Waals surface area (Å²) in [4.78, 5) is 10.6. The van der Waals surface area contributed by atoms with E-state index in [4.69, 9.17) is 9.53 Å². The average molecular weight is 244 g/mol. The topological polar surface area (TPSA) is 46.5 Å². The Labute approximate surface area is 101 Å². The standard InChI is InChI=1S/C12H24O3Si/c1-4-7-11(16-15-5-2)9-6-8-10(3)12(13)14/h11H,3-9,16H2,1-2H3,(H,13,14). The zero-order valence-electron chi connectivity index (χ0n) is 10.5. The molecule has 1 N–H and O–H groups in total. The van der Waals surface area contributed by atoms with Crippen LogP contribution in [-0.2, 0) is 9.22 Å². The Morgan fingerprint density at radius 2 is 2.12 bits per heavy atom. The van der Waals surface area contributed by atoms with Crippen LogP contribution >= 0.6 is 0 Å². The first kappa shape index (κ1) is 15.4. The molecule has 0 saturated heterocycles. The molecule has 4 heteroatoms.